The maximum atomic E-state index is 12.8. The van der Waals surface area contributed by atoms with E-state index in [0.29, 0.717) is 13.2 Å². The highest BCUT2D eigenvalue weighted by atomic mass is 32.1. The summed E-state index contributed by atoms with van der Waals surface area (Å²) in [6.45, 7) is 2.91. The molecule has 0 fully saturated rings. The van der Waals surface area contributed by atoms with Crippen molar-refractivity contribution in [3.63, 3.8) is 0 Å². The van der Waals surface area contributed by atoms with Crippen molar-refractivity contribution in [2.24, 2.45) is 0 Å². The third-order valence-corrected chi connectivity index (χ3v) is 4.64. The Morgan fingerprint density at radius 1 is 1.00 bits per heavy atom. The van der Waals surface area contributed by atoms with Crippen LogP contribution in [0.1, 0.15) is 12.5 Å². The van der Waals surface area contributed by atoms with Crippen LogP contribution >= 0.6 is 11.3 Å². The van der Waals surface area contributed by atoms with Gasteiger partial charge in [-0.1, -0.05) is 42.5 Å². The lowest BCUT2D eigenvalue weighted by Crippen LogP contribution is -2.11. The van der Waals surface area contributed by atoms with Gasteiger partial charge in [-0.2, -0.15) is 0 Å². The van der Waals surface area contributed by atoms with Crippen LogP contribution in [0.25, 0.3) is 20.5 Å². The molecule has 0 spiro atoms. The van der Waals surface area contributed by atoms with Gasteiger partial charge >= 0.3 is 0 Å². The van der Waals surface area contributed by atoms with Crippen molar-refractivity contribution in [2.45, 2.75) is 13.5 Å². The van der Waals surface area contributed by atoms with Crippen LogP contribution in [0.5, 0.6) is 0 Å². The normalized spacial score (nSPS) is 10.9. The van der Waals surface area contributed by atoms with Gasteiger partial charge in [0, 0.05) is 27.1 Å². The number of hydrogen-bond donors (Lipinski definition) is 0. The summed E-state index contributed by atoms with van der Waals surface area (Å²) in [7, 11) is 0. The lowest BCUT2D eigenvalue weighted by atomic mass is 10.1. The third kappa shape index (κ3) is 2.75. The average molecular weight is 296 g/mol. The molecule has 0 atom stereocenters. The maximum absolute atomic E-state index is 12.8. The molecule has 0 aliphatic carbocycles. The molecule has 0 saturated carbocycles. The van der Waals surface area contributed by atoms with E-state index in [0.717, 1.165) is 26.1 Å². The smallest absolute Gasteiger partial charge is 0.194 e. The van der Waals surface area contributed by atoms with E-state index in [2.05, 4.69) is 0 Å². The summed E-state index contributed by atoms with van der Waals surface area (Å²) in [6, 6.07) is 17.8. The first-order valence-corrected chi connectivity index (χ1v) is 7.80. The van der Waals surface area contributed by atoms with Crippen molar-refractivity contribution in [1.29, 1.82) is 0 Å². The van der Waals surface area contributed by atoms with Crippen LogP contribution in [-0.4, -0.2) is 6.61 Å². The zero-order valence-electron chi connectivity index (χ0n) is 11.8. The average Bonchev–Trinajstić information content (AvgIpc) is 2.55. The molecule has 0 bridgehead atoms. The maximum Gasteiger partial charge on any atom is 0.194 e. The summed E-state index contributed by atoms with van der Waals surface area (Å²) < 4.78 is 6.53. The summed E-state index contributed by atoms with van der Waals surface area (Å²) in [5.41, 5.74) is 1.91. The van der Waals surface area contributed by atoms with E-state index < -0.39 is 0 Å². The molecule has 2 nitrogen and oxygen atoms in total. The quantitative estimate of drug-likeness (QED) is 0.710. The van der Waals surface area contributed by atoms with Crippen LogP contribution in [0, 0.1) is 0 Å². The Labute approximate surface area is 127 Å². The Hall–Kier alpha value is -1.97. The van der Waals surface area contributed by atoms with Crippen LogP contribution in [0.15, 0.2) is 59.4 Å². The van der Waals surface area contributed by atoms with Gasteiger partial charge in [-0.05, 0) is 24.6 Å². The zero-order valence-corrected chi connectivity index (χ0v) is 12.7. The summed E-state index contributed by atoms with van der Waals surface area (Å²) in [4.78, 5) is 13.8. The van der Waals surface area contributed by atoms with Crippen LogP contribution in [0.3, 0.4) is 0 Å². The van der Waals surface area contributed by atoms with E-state index in [1.165, 1.54) is 0 Å². The summed E-state index contributed by atoms with van der Waals surface area (Å²) in [5, 5.41) is 0.775. The Morgan fingerprint density at radius 2 is 1.71 bits per heavy atom. The molecule has 0 aliphatic heterocycles. The molecule has 106 valence electrons. The Bertz CT molecular complexity index is 806. The Morgan fingerprint density at radius 3 is 2.48 bits per heavy atom. The van der Waals surface area contributed by atoms with Crippen LogP contribution < -0.4 is 5.43 Å². The van der Waals surface area contributed by atoms with Crippen LogP contribution in [0.2, 0.25) is 0 Å². The fraction of sp³-hybridized carbons (Fsp3) is 0.167. The van der Waals surface area contributed by atoms with Gasteiger partial charge in [0.2, 0.25) is 0 Å². The van der Waals surface area contributed by atoms with E-state index in [4.69, 9.17) is 4.74 Å². The van der Waals surface area contributed by atoms with Gasteiger partial charge in [0.05, 0.1) is 6.61 Å². The van der Waals surface area contributed by atoms with Gasteiger partial charge in [-0.15, -0.1) is 11.3 Å². The first kappa shape index (κ1) is 14.0. The van der Waals surface area contributed by atoms with Crippen LogP contribution in [-0.2, 0) is 11.3 Å². The molecule has 0 radical (unpaired) electrons. The third-order valence-electron chi connectivity index (χ3n) is 3.38. The summed E-state index contributed by atoms with van der Waals surface area (Å²) in [6.07, 6.45) is 0. The molecule has 0 unspecified atom stereocenters. The van der Waals surface area contributed by atoms with E-state index in [9.17, 15) is 4.79 Å². The molecule has 0 N–H and O–H groups in total. The van der Waals surface area contributed by atoms with Crippen LogP contribution in [0.4, 0.5) is 0 Å². The molecule has 2 aromatic carbocycles. The lowest BCUT2D eigenvalue weighted by molar-refractivity contribution is 0.134. The highest BCUT2D eigenvalue weighted by Crippen LogP contribution is 2.31. The summed E-state index contributed by atoms with van der Waals surface area (Å²) >= 11 is 1.65. The molecule has 21 heavy (non-hydrogen) atoms. The standard InChI is InChI=1S/C18H16O2S/c1-2-20-12-15-17(19)14-10-6-7-11-16(14)21-18(15)13-8-4-3-5-9-13/h3-11H,2,12H2,1H3. The molecule has 0 saturated heterocycles. The van der Waals surface area contributed by atoms with E-state index in [1.807, 2.05) is 61.5 Å². The van der Waals surface area contributed by atoms with Gasteiger partial charge in [-0.25, -0.2) is 0 Å². The summed E-state index contributed by atoms with van der Waals surface area (Å²) in [5.74, 6) is 0. The number of benzene rings is 2. The molecular formula is C18H16O2S. The fourth-order valence-electron chi connectivity index (χ4n) is 2.34. The number of hydrogen-bond acceptors (Lipinski definition) is 3. The minimum Gasteiger partial charge on any atom is -0.377 e. The van der Waals surface area contributed by atoms with Gasteiger partial charge in [0.25, 0.3) is 0 Å². The fourth-order valence-corrected chi connectivity index (χ4v) is 3.50. The Balaban J connectivity index is 2.28. The van der Waals surface area contributed by atoms with Crippen molar-refractivity contribution in [1.82, 2.24) is 0 Å². The molecule has 3 rings (SSSR count). The van der Waals surface area contributed by atoms with Crippen molar-refractivity contribution >= 4 is 21.4 Å². The molecule has 0 aliphatic rings. The predicted molar refractivity (Wildman–Crippen MR) is 88.9 cm³/mol. The first-order chi connectivity index (χ1) is 10.3. The molecule has 1 aromatic heterocycles. The van der Waals surface area contributed by atoms with E-state index in [1.54, 1.807) is 11.3 Å². The SMILES string of the molecule is CCOCc1c(-c2ccccc2)sc2ccccc2c1=O. The van der Waals surface area contributed by atoms with Crippen molar-refractivity contribution in [2.75, 3.05) is 6.61 Å². The minimum atomic E-state index is 0.0802. The zero-order chi connectivity index (χ0) is 14.7. The topological polar surface area (TPSA) is 26.3 Å². The first-order valence-electron chi connectivity index (χ1n) is 6.99. The number of ether oxygens (including phenoxy) is 1. The Kier molecular flexibility index (Phi) is 4.13. The monoisotopic (exact) mass is 296 g/mol. The predicted octanol–water partition coefficient (Wildman–Crippen LogP) is 4.47. The second-order valence-electron chi connectivity index (χ2n) is 4.74. The second-order valence-corrected chi connectivity index (χ2v) is 5.79. The van der Waals surface area contributed by atoms with Gasteiger partial charge in [-0.3, -0.25) is 4.79 Å². The lowest BCUT2D eigenvalue weighted by Gasteiger charge is -2.10. The van der Waals surface area contributed by atoms with Gasteiger partial charge in [0.15, 0.2) is 5.43 Å². The van der Waals surface area contributed by atoms with Gasteiger partial charge in [0.1, 0.15) is 0 Å². The minimum absolute atomic E-state index is 0.0802. The largest absolute Gasteiger partial charge is 0.377 e. The van der Waals surface area contributed by atoms with E-state index in [-0.39, 0.29) is 5.43 Å². The van der Waals surface area contributed by atoms with E-state index >= 15 is 0 Å². The molecule has 1 heterocycles. The van der Waals surface area contributed by atoms with Crippen molar-refractivity contribution in [3.8, 4) is 10.4 Å². The van der Waals surface area contributed by atoms with Crippen molar-refractivity contribution < 1.29 is 4.74 Å². The second kappa shape index (κ2) is 6.20. The number of fused-ring (bicyclic) bond motifs is 1. The highest BCUT2D eigenvalue weighted by Gasteiger charge is 2.13. The molecule has 3 aromatic rings. The molecule has 3 heteroatoms. The van der Waals surface area contributed by atoms with Crippen molar-refractivity contribution in [3.05, 3.63) is 70.4 Å². The molecular weight excluding hydrogens is 280 g/mol. The molecule has 0 amide bonds. The van der Waals surface area contributed by atoms with Gasteiger partial charge < -0.3 is 4.74 Å². The number of rotatable bonds is 4. The highest BCUT2D eigenvalue weighted by molar-refractivity contribution is 7.21.